The van der Waals surface area contributed by atoms with Crippen LogP contribution < -0.4 is 5.32 Å². The number of halogens is 1. The molecule has 1 saturated carbocycles. The first kappa shape index (κ1) is 13.2. The maximum Gasteiger partial charge on any atom is 0.101 e. The van der Waals surface area contributed by atoms with Crippen molar-refractivity contribution in [2.24, 2.45) is 0 Å². The fourth-order valence-electron chi connectivity index (χ4n) is 2.41. The van der Waals surface area contributed by atoms with Crippen molar-refractivity contribution in [3.8, 4) is 6.07 Å². The van der Waals surface area contributed by atoms with Crippen molar-refractivity contribution in [2.75, 3.05) is 11.9 Å². The molecule has 3 nitrogen and oxygen atoms in total. The molecule has 0 aromatic heterocycles. The Labute approximate surface area is 112 Å². The van der Waals surface area contributed by atoms with Gasteiger partial charge in [0.25, 0.3) is 0 Å². The highest BCUT2D eigenvalue weighted by Crippen LogP contribution is 2.29. The van der Waals surface area contributed by atoms with Gasteiger partial charge in [0.1, 0.15) is 6.07 Å². The quantitative estimate of drug-likeness (QED) is 0.881. The topological polar surface area (TPSA) is 56.0 Å². The number of nitrogens with zero attached hydrogens (tertiary/aromatic N) is 1. The Balaban J connectivity index is 2.05. The Morgan fingerprint density at radius 1 is 1.33 bits per heavy atom. The van der Waals surface area contributed by atoms with E-state index < -0.39 is 5.60 Å². The van der Waals surface area contributed by atoms with Crippen LogP contribution in [0.15, 0.2) is 18.2 Å². The van der Waals surface area contributed by atoms with Crippen molar-refractivity contribution in [1.29, 1.82) is 5.26 Å². The number of hydrogen-bond donors (Lipinski definition) is 2. The van der Waals surface area contributed by atoms with E-state index in [4.69, 9.17) is 16.9 Å². The van der Waals surface area contributed by atoms with E-state index in [9.17, 15) is 5.11 Å². The van der Waals surface area contributed by atoms with Crippen LogP contribution >= 0.6 is 11.6 Å². The van der Waals surface area contributed by atoms with E-state index in [-0.39, 0.29) is 0 Å². The first-order valence-corrected chi connectivity index (χ1v) is 6.67. The largest absolute Gasteiger partial charge is 0.388 e. The van der Waals surface area contributed by atoms with Crippen LogP contribution in [0.5, 0.6) is 0 Å². The molecule has 0 bridgehead atoms. The molecule has 0 amide bonds. The van der Waals surface area contributed by atoms with Gasteiger partial charge in [-0.05, 0) is 31.0 Å². The molecule has 1 fully saturated rings. The van der Waals surface area contributed by atoms with E-state index in [0.29, 0.717) is 22.8 Å². The molecule has 1 aromatic rings. The number of rotatable bonds is 3. The van der Waals surface area contributed by atoms with E-state index >= 15 is 0 Å². The molecule has 0 radical (unpaired) electrons. The van der Waals surface area contributed by atoms with Crippen molar-refractivity contribution >= 4 is 17.3 Å². The normalized spacial score (nSPS) is 18.1. The SMILES string of the molecule is N#Cc1ccc(Cl)cc1NCC1(O)CCCCC1. The summed E-state index contributed by atoms with van der Waals surface area (Å²) in [5, 5.41) is 23.2. The summed E-state index contributed by atoms with van der Waals surface area (Å²) >= 11 is 5.92. The fraction of sp³-hybridized carbons (Fsp3) is 0.500. The van der Waals surface area contributed by atoms with Crippen molar-refractivity contribution in [3.63, 3.8) is 0 Å². The highest BCUT2D eigenvalue weighted by molar-refractivity contribution is 6.30. The molecule has 1 aromatic carbocycles. The van der Waals surface area contributed by atoms with Crippen LogP contribution in [0.4, 0.5) is 5.69 Å². The minimum Gasteiger partial charge on any atom is -0.388 e. The predicted octanol–water partition coefficient (Wildman–Crippen LogP) is 3.32. The predicted molar refractivity (Wildman–Crippen MR) is 72.7 cm³/mol. The van der Waals surface area contributed by atoms with Crippen molar-refractivity contribution in [3.05, 3.63) is 28.8 Å². The van der Waals surface area contributed by atoms with Gasteiger partial charge in [0, 0.05) is 11.6 Å². The van der Waals surface area contributed by atoms with Gasteiger partial charge in [0.2, 0.25) is 0 Å². The first-order valence-electron chi connectivity index (χ1n) is 6.29. The van der Waals surface area contributed by atoms with Crippen molar-refractivity contribution in [2.45, 2.75) is 37.7 Å². The molecule has 0 saturated heterocycles. The summed E-state index contributed by atoms with van der Waals surface area (Å²) in [6, 6.07) is 7.23. The van der Waals surface area contributed by atoms with Gasteiger partial charge in [-0.3, -0.25) is 0 Å². The summed E-state index contributed by atoms with van der Waals surface area (Å²) in [7, 11) is 0. The van der Waals surface area contributed by atoms with E-state index in [1.807, 2.05) is 0 Å². The van der Waals surface area contributed by atoms with Gasteiger partial charge in [0.15, 0.2) is 0 Å². The molecule has 0 heterocycles. The summed E-state index contributed by atoms with van der Waals surface area (Å²) in [4.78, 5) is 0. The Bertz CT molecular complexity index is 461. The molecular weight excluding hydrogens is 248 g/mol. The number of benzene rings is 1. The van der Waals surface area contributed by atoms with Gasteiger partial charge >= 0.3 is 0 Å². The van der Waals surface area contributed by atoms with Crippen LogP contribution in [0.3, 0.4) is 0 Å². The van der Waals surface area contributed by atoms with E-state index in [1.54, 1.807) is 18.2 Å². The third kappa shape index (κ3) is 3.16. The lowest BCUT2D eigenvalue weighted by atomic mass is 9.85. The molecule has 0 spiro atoms. The number of nitrogens with one attached hydrogen (secondary N) is 1. The zero-order valence-electron chi connectivity index (χ0n) is 10.2. The van der Waals surface area contributed by atoms with Gasteiger partial charge in [-0.1, -0.05) is 30.9 Å². The highest BCUT2D eigenvalue weighted by atomic mass is 35.5. The average molecular weight is 265 g/mol. The second kappa shape index (κ2) is 5.60. The third-order valence-electron chi connectivity index (χ3n) is 3.49. The van der Waals surface area contributed by atoms with Gasteiger partial charge in [-0.2, -0.15) is 5.26 Å². The zero-order chi connectivity index (χ0) is 13.0. The van der Waals surface area contributed by atoms with Crippen LogP contribution in [0.2, 0.25) is 5.02 Å². The van der Waals surface area contributed by atoms with Crippen molar-refractivity contribution in [1.82, 2.24) is 0 Å². The molecular formula is C14H17ClN2O. The minimum absolute atomic E-state index is 0.474. The lowest BCUT2D eigenvalue weighted by Gasteiger charge is -2.32. The van der Waals surface area contributed by atoms with Crippen LogP contribution in [0.25, 0.3) is 0 Å². The Hall–Kier alpha value is -1.24. The number of hydrogen-bond acceptors (Lipinski definition) is 3. The van der Waals surface area contributed by atoms with Crippen molar-refractivity contribution < 1.29 is 5.11 Å². The molecule has 0 aliphatic heterocycles. The Morgan fingerprint density at radius 3 is 2.72 bits per heavy atom. The molecule has 2 rings (SSSR count). The molecule has 0 unspecified atom stereocenters. The van der Waals surface area contributed by atoms with Gasteiger partial charge < -0.3 is 10.4 Å². The Kier molecular flexibility index (Phi) is 4.11. The van der Waals surface area contributed by atoms with E-state index in [1.165, 1.54) is 6.42 Å². The monoisotopic (exact) mass is 264 g/mol. The lowest BCUT2D eigenvalue weighted by molar-refractivity contribution is 0.0167. The summed E-state index contributed by atoms with van der Waals surface area (Å²) in [6.45, 7) is 0.474. The average Bonchev–Trinajstić information content (AvgIpc) is 2.38. The molecule has 2 N–H and O–H groups in total. The van der Waals surface area contributed by atoms with Crippen LogP contribution in [0, 0.1) is 11.3 Å². The highest BCUT2D eigenvalue weighted by Gasteiger charge is 2.28. The summed E-state index contributed by atoms with van der Waals surface area (Å²) < 4.78 is 0. The smallest absolute Gasteiger partial charge is 0.101 e. The summed E-state index contributed by atoms with van der Waals surface area (Å²) in [6.07, 6.45) is 4.98. The fourth-order valence-corrected chi connectivity index (χ4v) is 2.58. The summed E-state index contributed by atoms with van der Waals surface area (Å²) in [5.74, 6) is 0. The minimum atomic E-state index is -0.646. The lowest BCUT2D eigenvalue weighted by Crippen LogP contribution is -2.38. The van der Waals surface area contributed by atoms with Gasteiger partial charge in [0.05, 0.1) is 16.9 Å². The standard InChI is InChI=1S/C14H17ClN2O/c15-12-5-4-11(9-16)13(8-12)17-10-14(18)6-2-1-3-7-14/h4-5,8,17-18H,1-3,6-7,10H2. The van der Waals surface area contributed by atoms with Crippen LogP contribution in [-0.2, 0) is 0 Å². The molecule has 0 atom stereocenters. The van der Waals surface area contributed by atoms with Gasteiger partial charge in [-0.15, -0.1) is 0 Å². The maximum atomic E-state index is 10.4. The molecule has 1 aliphatic carbocycles. The third-order valence-corrected chi connectivity index (χ3v) is 3.73. The van der Waals surface area contributed by atoms with Crippen LogP contribution in [0.1, 0.15) is 37.7 Å². The Morgan fingerprint density at radius 2 is 2.06 bits per heavy atom. The molecule has 18 heavy (non-hydrogen) atoms. The second-order valence-electron chi connectivity index (χ2n) is 4.94. The van der Waals surface area contributed by atoms with Crippen LogP contribution in [-0.4, -0.2) is 17.3 Å². The van der Waals surface area contributed by atoms with E-state index in [0.717, 1.165) is 25.7 Å². The molecule has 1 aliphatic rings. The van der Waals surface area contributed by atoms with Gasteiger partial charge in [-0.25, -0.2) is 0 Å². The van der Waals surface area contributed by atoms with E-state index in [2.05, 4.69) is 11.4 Å². The first-order chi connectivity index (χ1) is 8.63. The molecule has 96 valence electrons. The maximum absolute atomic E-state index is 10.4. The zero-order valence-corrected chi connectivity index (χ0v) is 11.0. The number of nitriles is 1. The second-order valence-corrected chi connectivity index (χ2v) is 5.38. The molecule has 4 heteroatoms. The number of aliphatic hydroxyl groups is 1. The summed E-state index contributed by atoms with van der Waals surface area (Å²) in [5.41, 5.74) is 0.607. The number of anilines is 1.